The minimum Gasteiger partial charge on any atom is -0.489 e. The molecule has 8 heteroatoms. The predicted molar refractivity (Wildman–Crippen MR) is 117 cm³/mol. The average Bonchev–Trinajstić information content (AvgIpc) is 3.20. The number of aliphatic hydroxyl groups excluding tert-OH is 1. The highest BCUT2D eigenvalue weighted by atomic mass is 16.5. The molecule has 3 atom stereocenters. The minimum absolute atomic E-state index is 0.0980. The zero-order chi connectivity index (χ0) is 23.1. The summed E-state index contributed by atoms with van der Waals surface area (Å²) in [6.45, 7) is 1.89. The standard InChI is InChI=1S/C24H28N2O6/c1-16(27)26-14-19(28)13-22(26)23(29)25-21(24(30)31-2)12-17-8-10-20(11-9-17)32-15-18-6-4-3-5-7-18/h3-11,19,21-22,28H,12-15H2,1-2H3,(H,25,29)/t19-,21+,22+/m1/s1. The van der Waals surface area contributed by atoms with Crippen molar-refractivity contribution in [3.05, 3.63) is 65.7 Å². The molecule has 0 saturated carbocycles. The first kappa shape index (κ1) is 23.3. The molecule has 0 bridgehead atoms. The van der Waals surface area contributed by atoms with Crippen molar-refractivity contribution in [2.24, 2.45) is 0 Å². The van der Waals surface area contributed by atoms with Crippen LogP contribution in [0.2, 0.25) is 0 Å². The number of nitrogens with one attached hydrogen (secondary N) is 1. The monoisotopic (exact) mass is 440 g/mol. The highest BCUT2D eigenvalue weighted by molar-refractivity contribution is 5.91. The number of rotatable bonds is 8. The third-order valence-corrected chi connectivity index (χ3v) is 5.40. The summed E-state index contributed by atoms with van der Waals surface area (Å²) in [7, 11) is 1.25. The van der Waals surface area contributed by atoms with Crippen molar-refractivity contribution < 1.29 is 29.0 Å². The topological polar surface area (TPSA) is 105 Å². The number of methoxy groups -OCH3 is 1. The van der Waals surface area contributed by atoms with Gasteiger partial charge in [-0.1, -0.05) is 42.5 Å². The second-order valence-corrected chi connectivity index (χ2v) is 7.78. The fraction of sp³-hybridized carbons (Fsp3) is 0.375. The van der Waals surface area contributed by atoms with Crippen molar-refractivity contribution in [3.63, 3.8) is 0 Å². The molecule has 2 amide bonds. The maximum absolute atomic E-state index is 12.8. The van der Waals surface area contributed by atoms with E-state index in [4.69, 9.17) is 9.47 Å². The van der Waals surface area contributed by atoms with Crippen molar-refractivity contribution in [1.29, 1.82) is 0 Å². The number of likely N-dealkylation sites (tertiary alicyclic amines) is 1. The average molecular weight is 440 g/mol. The molecule has 0 aromatic heterocycles. The van der Waals surface area contributed by atoms with Crippen LogP contribution in [0.25, 0.3) is 0 Å². The number of esters is 1. The molecule has 3 rings (SSSR count). The van der Waals surface area contributed by atoms with Gasteiger partial charge in [0.25, 0.3) is 0 Å². The number of carbonyl (C=O) groups is 3. The Balaban J connectivity index is 1.62. The van der Waals surface area contributed by atoms with Gasteiger partial charge >= 0.3 is 5.97 Å². The molecule has 1 heterocycles. The van der Waals surface area contributed by atoms with Crippen LogP contribution < -0.4 is 10.1 Å². The molecule has 0 aliphatic carbocycles. The molecule has 8 nitrogen and oxygen atoms in total. The SMILES string of the molecule is COC(=O)[C@H](Cc1ccc(OCc2ccccc2)cc1)NC(=O)[C@@H]1C[C@@H](O)CN1C(C)=O. The Bertz CT molecular complexity index is 931. The van der Waals surface area contributed by atoms with E-state index in [1.165, 1.54) is 18.9 Å². The van der Waals surface area contributed by atoms with Gasteiger partial charge in [0.05, 0.1) is 13.2 Å². The fourth-order valence-corrected chi connectivity index (χ4v) is 3.71. The van der Waals surface area contributed by atoms with Crippen LogP contribution in [0.5, 0.6) is 5.75 Å². The van der Waals surface area contributed by atoms with Gasteiger partial charge in [-0.2, -0.15) is 0 Å². The highest BCUT2D eigenvalue weighted by Gasteiger charge is 2.38. The highest BCUT2D eigenvalue weighted by Crippen LogP contribution is 2.19. The van der Waals surface area contributed by atoms with Gasteiger partial charge < -0.3 is 24.8 Å². The van der Waals surface area contributed by atoms with E-state index in [-0.39, 0.29) is 25.3 Å². The molecule has 1 saturated heterocycles. The molecule has 32 heavy (non-hydrogen) atoms. The lowest BCUT2D eigenvalue weighted by molar-refractivity contribution is -0.146. The number of hydrogen-bond acceptors (Lipinski definition) is 6. The smallest absolute Gasteiger partial charge is 0.328 e. The van der Waals surface area contributed by atoms with Crippen LogP contribution in [-0.2, 0) is 32.1 Å². The first-order valence-corrected chi connectivity index (χ1v) is 10.5. The van der Waals surface area contributed by atoms with Gasteiger partial charge in [0.1, 0.15) is 24.4 Å². The number of nitrogens with zero attached hydrogens (tertiary/aromatic N) is 1. The molecule has 0 radical (unpaired) electrons. The van der Waals surface area contributed by atoms with Crippen LogP contribution in [0, 0.1) is 0 Å². The number of carbonyl (C=O) groups excluding carboxylic acids is 3. The number of ether oxygens (including phenoxy) is 2. The molecule has 1 aliphatic heterocycles. The van der Waals surface area contributed by atoms with Gasteiger partial charge in [-0.05, 0) is 23.3 Å². The number of amides is 2. The Morgan fingerprint density at radius 2 is 1.78 bits per heavy atom. The summed E-state index contributed by atoms with van der Waals surface area (Å²) in [6.07, 6.45) is -0.422. The Kier molecular flexibility index (Phi) is 7.83. The third kappa shape index (κ3) is 6.07. The van der Waals surface area contributed by atoms with Crippen molar-refractivity contribution >= 4 is 17.8 Å². The van der Waals surface area contributed by atoms with Crippen LogP contribution >= 0.6 is 0 Å². The zero-order valence-corrected chi connectivity index (χ0v) is 18.2. The zero-order valence-electron chi connectivity index (χ0n) is 18.2. The van der Waals surface area contributed by atoms with Crippen molar-refractivity contribution in [2.45, 2.75) is 44.6 Å². The van der Waals surface area contributed by atoms with E-state index in [2.05, 4.69) is 5.32 Å². The lowest BCUT2D eigenvalue weighted by Crippen LogP contribution is -2.51. The van der Waals surface area contributed by atoms with E-state index in [9.17, 15) is 19.5 Å². The lowest BCUT2D eigenvalue weighted by Gasteiger charge is -2.24. The minimum atomic E-state index is -0.921. The molecule has 1 fully saturated rings. The largest absolute Gasteiger partial charge is 0.489 e. The molecule has 1 aliphatic rings. The van der Waals surface area contributed by atoms with Gasteiger partial charge in [0, 0.05) is 26.3 Å². The molecule has 2 aromatic rings. The summed E-state index contributed by atoms with van der Waals surface area (Å²) in [4.78, 5) is 38.1. The van der Waals surface area contributed by atoms with Gasteiger partial charge in [-0.3, -0.25) is 9.59 Å². The van der Waals surface area contributed by atoms with E-state index in [0.717, 1.165) is 11.1 Å². The molecule has 0 spiro atoms. The number of benzene rings is 2. The molecule has 2 aromatic carbocycles. The summed E-state index contributed by atoms with van der Waals surface area (Å²) in [5.41, 5.74) is 1.87. The van der Waals surface area contributed by atoms with Crippen LogP contribution in [0.4, 0.5) is 0 Å². The van der Waals surface area contributed by atoms with E-state index in [0.29, 0.717) is 12.4 Å². The van der Waals surface area contributed by atoms with Gasteiger partial charge in [-0.15, -0.1) is 0 Å². The second kappa shape index (κ2) is 10.8. The van der Waals surface area contributed by atoms with Crippen LogP contribution in [0.3, 0.4) is 0 Å². The lowest BCUT2D eigenvalue weighted by atomic mass is 10.0. The number of hydrogen-bond donors (Lipinski definition) is 2. The summed E-state index contributed by atoms with van der Waals surface area (Å²) in [5, 5.41) is 12.5. The summed E-state index contributed by atoms with van der Waals surface area (Å²) in [5.74, 6) is -0.693. The Labute approximate surface area is 187 Å². The molecule has 170 valence electrons. The quantitative estimate of drug-likeness (QED) is 0.602. The van der Waals surface area contributed by atoms with Crippen molar-refractivity contribution in [2.75, 3.05) is 13.7 Å². The second-order valence-electron chi connectivity index (χ2n) is 7.78. The van der Waals surface area contributed by atoms with Crippen LogP contribution in [0.15, 0.2) is 54.6 Å². The maximum atomic E-state index is 12.8. The number of aliphatic hydroxyl groups is 1. The van der Waals surface area contributed by atoms with E-state index in [1.54, 1.807) is 12.1 Å². The molecule has 2 N–H and O–H groups in total. The van der Waals surface area contributed by atoms with Crippen molar-refractivity contribution in [3.8, 4) is 5.75 Å². The molecule has 0 unspecified atom stereocenters. The number of β-amino-alcohol motifs (C(OH)–C–C–N with tert-alkyl or cyclic N) is 1. The molecular formula is C24H28N2O6. The normalized spacial score (nSPS) is 18.7. The maximum Gasteiger partial charge on any atom is 0.328 e. The van der Waals surface area contributed by atoms with Crippen molar-refractivity contribution in [1.82, 2.24) is 10.2 Å². The van der Waals surface area contributed by atoms with Gasteiger partial charge in [-0.25, -0.2) is 4.79 Å². The van der Waals surface area contributed by atoms with Gasteiger partial charge in [0.2, 0.25) is 11.8 Å². The summed E-state index contributed by atoms with van der Waals surface area (Å²) >= 11 is 0. The molecular weight excluding hydrogens is 412 g/mol. The summed E-state index contributed by atoms with van der Waals surface area (Å²) in [6, 6.07) is 15.3. The van der Waals surface area contributed by atoms with Gasteiger partial charge in [0.15, 0.2) is 0 Å². The fourth-order valence-electron chi connectivity index (χ4n) is 3.71. The Morgan fingerprint density at radius 3 is 2.41 bits per heavy atom. The van der Waals surface area contributed by atoms with E-state index < -0.39 is 30.1 Å². The Morgan fingerprint density at radius 1 is 1.09 bits per heavy atom. The first-order valence-electron chi connectivity index (χ1n) is 10.5. The Hall–Kier alpha value is -3.39. The van der Waals surface area contributed by atoms with Crippen LogP contribution in [-0.4, -0.2) is 59.6 Å². The summed E-state index contributed by atoms with van der Waals surface area (Å²) < 4.78 is 10.6. The van der Waals surface area contributed by atoms with E-state index in [1.807, 2.05) is 42.5 Å². The predicted octanol–water partition coefficient (Wildman–Crippen LogP) is 1.45. The third-order valence-electron chi connectivity index (χ3n) is 5.40. The van der Waals surface area contributed by atoms with Crippen LogP contribution in [0.1, 0.15) is 24.5 Å². The first-order chi connectivity index (χ1) is 15.4. The van der Waals surface area contributed by atoms with E-state index >= 15 is 0 Å².